The fourth-order valence-electron chi connectivity index (χ4n) is 1.65. The van der Waals surface area contributed by atoms with Crippen LogP contribution in [-0.2, 0) is 0 Å². The van der Waals surface area contributed by atoms with Crippen molar-refractivity contribution in [3.63, 3.8) is 0 Å². The van der Waals surface area contributed by atoms with E-state index in [1.807, 2.05) is 0 Å². The molecule has 21 heavy (non-hydrogen) atoms. The van der Waals surface area contributed by atoms with Crippen molar-refractivity contribution in [2.24, 2.45) is 0 Å². The monoisotopic (exact) mass is 313 g/mol. The Morgan fingerprint density at radius 3 is 2.57 bits per heavy atom. The number of carbonyl (C=O) groups is 1. The Bertz CT molecular complexity index is 664. The highest BCUT2D eigenvalue weighted by Crippen LogP contribution is 2.32. The third-order valence-corrected chi connectivity index (χ3v) is 3.34. The van der Waals surface area contributed by atoms with Crippen LogP contribution >= 0.6 is 11.8 Å². The first-order valence-electron chi connectivity index (χ1n) is 5.81. The molecule has 0 saturated carbocycles. The van der Waals surface area contributed by atoms with E-state index >= 15 is 0 Å². The molecule has 0 spiro atoms. The minimum Gasteiger partial charge on any atom is -0.508 e. The number of amides is 1. The van der Waals surface area contributed by atoms with Crippen LogP contribution in [0.25, 0.3) is 0 Å². The van der Waals surface area contributed by atoms with E-state index in [-0.39, 0.29) is 33.7 Å². The van der Waals surface area contributed by atoms with Gasteiger partial charge in [0.2, 0.25) is 0 Å². The van der Waals surface area contributed by atoms with Crippen LogP contribution in [-0.4, -0.2) is 16.8 Å². The zero-order valence-corrected chi connectivity index (χ0v) is 11.3. The number of para-hydroxylation sites is 1. The van der Waals surface area contributed by atoms with Crippen molar-refractivity contribution in [2.75, 3.05) is 5.32 Å². The number of rotatable bonds is 4. The molecule has 0 bridgehead atoms. The number of hydrogen-bond donors (Lipinski definition) is 2. The molecule has 0 atom stereocenters. The van der Waals surface area contributed by atoms with Crippen molar-refractivity contribution in [3.8, 4) is 5.75 Å². The molecule has 0 unspecified atom stereocenters. The summed E-state index contributed by atoms with van der Waals surface area (Å²) < 4.78 is 38.4. The molecule has 2 aromatic rings. The van der Waals surface area contributed by atoms with Crippen molar-refractivity contribution in [1.82, 2.24) is 0 Å². The Balaban J connectivity index is 2.23. The number of thioether (sulfide) groups is 1. The normalized spacial score (nSPS) is 10.7. The number of hydrogen-bond acceptors (Lipinski definition) is 3. The van der Waals surface area contributed by atoms with Crippen LogP contribution in [0.15, 0.2) is 47.4 Å². The smallest absolute Gasteiger partial charge is 0.288 e. The number of nitrogens with one attached hydrogen (secondary N) is 1. The quantitative estimate of drug-likeness (QED) is 0.836. The molecule has 0 aromatic heterocycles. The summed E-state index contributed by atoms with van der Waals surface area (Å²) in [5.41, 5.74) is -0.120. The highest BCUT2D eigenvalue weighted by Gasteiger charge is 2.15. The maximum atomic E-state index is 13.6. The average molecular weight is 313 g/mol. The lowest BCUT2D eigenvalue weighted by atomic mass is 10.2. The number of benzene rings is 2. The standard InChI is InChI=1S/C14H10F3NO2S/c15-10-7-8(19)5-6-9(10)13(20)18-11-3-1-2-4-12(11)21-14(16)17/h1-7,14,19H,(H,18,20). The lowest BCUT2D eigenvalue weighted by Crippen LogP contribution is -2.14. The van der Waals surface area contributed by atoms with Crippen LogP contribution in [0.5, 0.6) is 5.75 Å². The van der Waals surface area contributed by atoms with Gasteiger partial charge in [-0.3, -0.25) is 4.79 Å². The van der Waals surface area contributed by atoms with Gasteiger partial charge in [0.25, 0.3) is 11.7 Å². The topological polar surface area (TPSA) is 49.3 Å². The Morgan fingerprint density at radius 1 is 1.19 bits per heavy atom. The fraction of sp³-hybridized carbons (Fsp3) is 0.0714. The molecular weight excluding hydrogens is 303 g/mol. The lowest BCUT2D eigenvalue weighted by Gasteiger charge is -2.10. The minimum atomic E-state index is -2.63. The van der Waals surface area contributed by atoms with Crippen molar-refractivity contribution < 1.29 is 23.1 Å². The number of aromatic hydroxyl groups is 1. The minimum absolute atomic E-state index is 0.167. The van der Waals surface area contributed by atoms with E-state index in [0.29, 0.717) is 0 Å². The average Bonchev–Trinajstić information content (AvgIpc) is 2.40. The van der Waals surface area contributed by atoms with Gasteiger partial charge in [-0.15, -0.1) is 0 Å². The van der Waals surface area contributed by atoms with Crippen LogP contribution in [0.3, 0.4) is 0 Å². The van der Waals surface area contributed by atoms with Crippen LogP contribution in [0, 0.1) is 5.82 Å². The van der Waals surface area contributed by atoms with Crippen molar-refractivity contribution >= 4 is 23.4 Å². The van der Waals surface area contributed by atoms with E-state index in [4.69, 9.17) is 5.11 Å². The van der Waals surface area contributed by atoms with Gasteiger partial charge in [-0.25, -0.2) is 4.39 Å². The highest BCUT2D eigenvalue weighted by atomic mass is 32.2. The Kier molecular flexibility index (Phi) is 4.74. The van der Waals surface area contributed by atoms with Gasteiger partial charge in [0.15, 0.2) is 0 Å². The van der Waals surface area contributed by atoms with E-state index in [1.165, 1.54) is 12.1 Å². The number of anilines is 1. The molecule has 110 valence electrons. The second-order valence-corrected chi connectivity index (χ2v) is 5.02. The van der Waals surface area contributed by atoms with Crippen LogP contribution in [0.2, 0.25) is 0 Å². The van der Waals surface area contributed by atoms with E-state index in [1.54, 1.807) is 12.1 Å². The third kappa shape index (κ3) is 3.91. The van der Waals surface area contributed by atoms with Gasteiger partial charge in [-0.1, -0.05) is 23.9 Å². The first-order chi connectivity index (χ1) is 9.97. The summed E-state index contributed by atoms with van der Waals surface area (Å²) in [6, 6.07) is 9.08. The third-order valence-electron chi connectivity index (χ3n) is 2.55. The molecule has 0 heterocycles. The van der Waals surface area contributed by atoms with E-state index in [0.717, 1.165) is 18.2 Å². The summed E-state index contributed by atoms with van der Waals surface area (Å²) in [4.78, 5) is 12.1. The van der Waals surface area contributed by atoms with Crippen LogP contribution < -0.4 is 5.32 Å². The first-order valence-corrected chi connectivity index (χ1v) is 6.69. The van der Waals surface area contributed by atoms with E-state index in [2.05, 4.69) is 5.32 Å². The van der Waals surface area contributed by atoms with Gasteiger partial charge in [-0.05, 0) is 24.3 Å². The molecule has 2 N–H and O–H groups in total. The molecule has 0 aliphatic rings. The number of carbonyl (C=O) groups excluding carboxylic acids is 1. The predicted molar refractivity (Wildman–Crippen MR) is 74.3 cm³/mol. The second-order valence-electron chi connectivity index (χ2n) is 3.99. The van der Waals surface area contributed by atoms with Crippen molar-refractivity contribution in [3.05, 3.63) is 53.8 Å². The fourth-order valence-corrected chi connectivity index (χ4v) is 2.24. The molecule has 1 amide bonds. The summed E-state index contributed by atoms with van der Waals surface area (Å²) in [5.74, 6) is -4.62. The number of halogens is 3. The van der Waals surface area contributed by atoms with E-state index < -0.39 is 17.5 Å². The molecule has 2 rings (SSSR count). The van der Waals surface area contributed by atoms with Crippen molar-refractivity contribution in [1.29, 1.82) is 0 Å². The van der Waals surface area contributed by atoms with Gasteiger partial charge < -0.3 is 10.4 Å². The number of alkyl halides is 2. The molecular formula is C14H10F3NO2S. The summed E-state index contributed by atoms with van der Waals surface area (Å²) >= 11 is 0.287. The van der Waals surface area contributed by atoms with Gasteiger partial charge in [-0.2, -0.15) is 8.78 Å². The molecule has 3 nitrogen and oxygen atoms in total. The zero-order chi connectivity index (χ0) is 15.4. The lowest BCUT2D eigenvalue weighted by molar-refractivity contribution is 0.102. The number of phenolic OH excluding ortho intramolecular Hbond substituents is 1. The second kappa shape index (κ2) is 6.53. The highest BCUT2D eigenvalue weighted by molar-refractivity contribution is 7.99. The molecule has 0 saturated heterocycles. The SMILES string of the molecule is O=C(Nc1ccccc1SC(F)F)c1ccc(O)cc1F. The first kappa shape index (κ1) is 15.2. The molecule has 7 heteroatoms. The summed E-state index contributed by atoms with van der Waals surface area (Å²) in [6.45, 7) is 0. The Labute approximate surface area is 122 Å². The van der Waals surface area contributed by atoms with Gasteiger partial charge in [0.05, 0.1) is 11.3 Å². The molecule has 0 fully saturated rings. The molecule has 0 aliphatic carbocycles. The van der Waals surface area contributed by atoms with Crippen LogP contribution in [0.1, 0.15) is 10.4 Å². The Hall–Kier alpha value is -2.15. The maximum absolute atomic E-state index is 13.6. The largest absolute Gasteiger partial charge is 0.508 e. The summed E-state index contributed by atoms with van der Waals surface area (Å²) in [6.07, 6.45) is 0. The van der Waals surface area contributed by atoms with Crippen LogP contribution in [0.4, 0.5) is 18.9 Å². The molecule has 2 aromatic carbocycles. The van der Waals surface area contributed by atoms with Gasteiger partial charge in [0.1, 0.15) is 11.6 Å². The maximum Gasteiger partial charge on any atom is 0.288 e. The summed E-state index contributed by atoms with van der Waals surface area (Å²) in [5, 5.41) is 11.5. The van der Waals surface area contributed by atoms with E-state index in [9.17, 15) is 18.0 Å². The predicted octanol–water partition coefficient (Wildman–Crippen LogP) is 4.10. The van der Waals surface area contributed by atoms with Gasteiger partial charge in [0, 0.05) is 11.0 Å². The zero-order valence-electron chi connectivity index (χ0n) is 10.5. The molecule has 0 radical (unpaired) electrons. The molecule has 0 aliphatic heterocycles. The number of phenols is 1. The van der Waals surface area contributed by atoms with Gasteiger partial charge >= 0.3 is 0 Å². The Morgan fingerprint density at radius 2 is 1.90 bits per heavy atom. The van der Waals surface area contributed by atoms with Crippen molar-refractivity contribution in [2.45, 2.75) is 10.7 Å². The summed E-state index contributed by atoms with van der Waals surface area (Å²) in [7, 11) is 0.